The van der Waals surface area contributed by atoms with Gasteiger partial charge in [0.1, 0.15) is 16.7 Å². The van der Waals surface area contributed by atoms with Crippen LogP contribution in [-0.4, -0.2) is 21.9 Å². The maximum absolute atomic E-state index is 5.79. The van der Waals surface area contributed by atoms with Crippen molar-refractivity contribution in [3.63, 3.8) is 0 Å². The second-order valence-corrected chi connectivity index (χ2v) is 6.16. The van der Waals surface area contributed by atoms with Crippen LogP contribution in [0.2, 0.25) is 5.15 Å². The predicted octanol–water partition coefficient (Wildman–Crippen LogP) is 4.39. The highest BCUT2D eigenvalue weighted by Gasteiger charge is 2.09. The quantitative estimate of drug-likeness (QED) is 0.435. The van der Waals surface area contributed by atoms with Crippen molar-refractivity contribution in [3.8, 4) is 17.2 Å². The van der Waals surface area contributed by atoms with Crippen molar-refractivity contribution in [2.45, 2.75) is 6.54 Å². The number of halogens is 2. The van der Waals surface area contributed by atoms with Gasteiger partial charge in [0.25, 0.3) is 0 Å². The molecule has 2 aromatic heterocycles. The van der Waals surface area contributed by atoms with Crippen LogP contribution in [0.4, 0.5) is 0 Å². The Hall–Kier alpha value is -1.80. The van der Waals surface area contributed by atoms with E-state index in [1.54, 1.807) is 25.4 Å². The van der Waals surface area contributed by atoms with Gasteiger partial charge in [0.05, 0.1) is 26.0 Å². The summed E-state index contributed by atoms with van der Waals surface area (Å²) < 4.78 is 13.6. The summed E-state index contributed by atoms with van der Waals surface area (Å²) in [4.78, 5) is 3.99. The van der Waals surface area contributed by atoms with E-state index in [1.807, 2.05) is 35.1 Å². The number of benzene rings is 1. The fourth-order valence-corrected chi connectivity index (χ4v) is 2.63. The molecule has 0 N–H and O–H groups in total. The zero-order valence-electron chi connectivity index (χ0n) is 12.2. The standard InChI is InChI=1S/C16H13ClIN3O2/c1-22-12-4-2-11(3-5-12)9-21-10-14(16(18)20-21)23-13-6-7-15(17)19-8-13/h2-8,10H,9H2,1H3. The van der Waals surface area contributed by atoms with Gasteiger partial charge in [0, 0.05) is 0 Å². The molecule has 3 rings (SSSR count). The lowest BCUT2D eigenvalue weighted by Crippen LogP contribution is -2.00. The average Bonchev–Trinajstić information content (AvgIpc) is 2.90. The highest BCUT2D eigenvalue weighted by molar-refractivity contribution is 14.1. The minimum Gasteiger partial charge on any atom is -0.497 e. The van der Waals surface area contributed by atoms with Crippen LogP contribution < -0.4 is 9.47 Å². The number of aromatic nitrogens is 3. The van der Waals surface area contributed by atoms with Gasteiger partial charge in [-0.15, -0.1) is 0 Å². The molecule has 23 heavy (non-hydrogen) atoms. The van der Waals surface area contributed by atoms with Crippen LogP contribution >= 0.6 is 34.2 Å². The first kappa shape index (κ1) is 16.1. The minimum absolute atomic E-state index is 0.433. The topological polar surface area (TPSA) is 49.2 Å². The third-order valence-corrected chi connectivity index (χ3v) is 4.09. The summed E-state index contributed by atoms with van der Waals surface area (Å²) in [5.41, 5.74) is 1.13. The minimum atomic E-state index is 0.433. The number of rotatable bonds is 5. The van der Waals surface area contributed by atoms with Crippen molar-refractivity contribution in [1.82, 2.24) is 14.8 Å². The Bertz CT molecular complexity index is 788. The Labute approximate surface area is 152 Å². The lowest BCUT2D eigenvalue weighted by Gasteiger charge is -2.04. The molecule has 0 atom stereocenters. The highest BCUT2D eigenvalue weighted by atomic mass is 127. The second-order valence-electron chi connectivity index (χ2n) is 4.75. The second kappa shape index (κ2) is 7.18. The van der Waals surface area contributed by atoms with Gasteiger partial charge in [-0.1, -0.05) is 23.7 Å². The van der Waals surface area contributed by atoms with Crippen molar-refractivity contribution in [3.05, 3.63) is 63.2 Å². The van der Waals surface area contributed by atoms with Crippen molar-refractivity contribution < 1.29 is 9.47 Å². The van der Waals surface area contributed by atoms with Crippen LogP contribution in [0.1, 0.15) is 5.56 Å². The lowest BCUT2D eigenvalue weighted by molar-refractivity contribution is 0.414. The van der Waals surface area contributed by atoms with Gasteiger partial charge in [0.15, 0.2) is 9.45 Å². The van der Waals surface area contributed by atoms with Gasteiger partial charge < -0.3 is 9.47 Å². The highest BCUT2D eigenvalue weighted by Crippen LogP contribution is 2.26. The molecule has 0 spiro atoms. The Morgan fingerprint density at radius 2 is 1.87 bits per heavy atom. The molecule has 1 aromatic carbocycles. The molecule has 3 aromatic rings. The van der Waals surface area contributed by atoms with Gasteiger partial charge in [-0.05, 0) is 52.4 Å². The first-order chi connectivity index (χ1) is 11.1. The fourth-order valence-electron chi connectivity index (χ4n) is 2.00. The van der Waals surface area contributed by atoms with E-state index in [9.17, 15) is 0 Å². The summed E-state index contributed by atoms with van der Waals surface area (Å²) in [7, 11) is 1.65. The number of hydrogen-bond acceptors (Lipinski definition) is 4. The van der Waals surface area contributed by atoms with Gasteiger partial charge in [-0.3, -0.25) is 4.68 Å². The lowest BCUT2D eigenvalue weighted by atomic mass is 10.2. The molecule has 0 radical (unpaired) electrons. The number of methoxy groups -OCH3 is 1. The Morgan fingerprint density at radius 1 is 1.13 bits per heavy atom. The van der Waals surface area contributed by atoms with Crippen molar-refractivity contribution in [2.75, 3.05) is 7.11 Å². The maximum atomic E-state index is 5.79. The van der Waals surface area contributed by atoms with E-state index in [2.05, 4.69) is 32.7 Å². The van der Waals surface area contributed by atoms with Crippen LogP contribution in [0, 0.1) is 3.70 Å². The monoisotopic (exact) mass is 441 g/mol. The zero-order chi connectivity index (χ0) is 16.2. The molecule has 5 nitrogen and oxygen atoms in total. The van der Waals surface area contributed by atoms with E-state index in [4.69, 9.17) is 21.1 Å². The smallest absolute Gasteiger partial charge is 0.178 e. The number of nitrogens with zero attached hydrogens (tertiary/aromatic N) is 3. The third-order valence-electron chi connectivity index (χ3n) is 3.12. The summed E-state index contributed by atoms with van der Waals surface area (Å²) >= 11 is 7.91. The SMILES string of the molecule is COc1ccc(Cn2cc(Oc3ccc(Cl)nc3)c(I)n2)cc1. The van der Waals surface area contributed by atoms with Crippen LogP contribution in [0.5, 0.6) is 17.2 Å². The molecule has 0 unspecified atom stereocenters. The van der Waals surface area contributed by atoms with Gasteiger partial charge in [-0.25, -0.2) is 4.98 Å². The molecule has 7 heteroatoms. The van der Waals surface area contributed by atoms with E-state index in [0.717, 1.165) is 15.0 Å². The maximum Gasteiger partial charge on any atom is 0.178 e. The van der Waals surface area contributed by atoms with Gasteiger partial charge in [0.2, 0.25) is 0 Å². The first-order valence-corrected chi connectivity index (χ1v) is 8.25. The molecule has 2 heterocycles. The molecule has 118 valence electrons. The summed E-state index contributed by atoms with van der Waals surface area (Å²) in [5, 5.41) is 4.90. The fraction of sp³-hybridized carbons (Fsp3) is 0.125. The molecule has 0 aliphatic carbocycles. The molecule has 0 bridgehead atoms. The van der Waals surface area contributed by atoms with Crippen LogP contribution in [0.15, 0.2) is 48.8 Å². The molecule has 0 fully saturated rings. The van der Waals surface area contributed by atoms with Crippen molar-refractivity contribution in [1.29, 1.82) is 0 Å². The summed E-state index contributed by atoms with van der Waals surface area (Å²) in [6, 6.07) is 11.3. The molecule has 0 aliphatic rings. The van der Waals surface area contributed by atoms with E-state index >= 15 is 0 Å². The van der Waals surface area contributed by atoms with Gasteiger partial charge >= 0.3 is 0 Å². The van der Waals surface area contributed by atoms with Crippen molar-refractivity contribution >= 4 is 34.2 Å². The van der Waals surface area contributed by atoms with E-state index in [0.29, 0.717) is 23.2 Å². The van der Waals surface area contributed by atoms with Gasteiger partial charge in [-0.2, -0.15) is 5.10 Å². The number of pyridine rings is 1. The summed E-state index contributed by atoms with van der Waals surface area (Å²) in [6.07, 6.45) is 3.44. The largest absolute Gasteiger partial charge is 0.497 e. The summed E-state index contributed by atoms with van der Waals surface area (Å²) in [6.45, 7) is 0.655. The average molecular weight is 442 g/mol. The molecular weight excluding hydrogens is 429 g/mol. The molecule has 0 saturated carbocycles. The number of ether oxygens (including phenoxy) is 2. The third kappa shape index (κ3) is 4.14. The predicted molar refractivity (Wildman–Crippen MR) is 96.4 cm³/mol. The molecule has 0 saturated heterocycles. The summed E-state index contributed by atoms with van der Waals surface area (Å²) in [5.74, 6) is 2.14. The zero-order valence-corrected chi connectivity index (χ0v) is 15.2. The molecule has 0 amide bonds. The van der Waals surface area contributed by atoms with Crippen LogP contribution in [0.3, 0.4) is 0 Å². The van der Waals surface area contributed by atoms with Crippen LogP contribution in [0.25, 0.3) is 0 Å². The van der Waals surface area contributed by atoms with E-state index < -0.39 is 0 Å². The Morgan fingerprint density at radius 3 is 2.52 bits per heavy atom. The van der Waals surface area contributed by atoms with Crippen molar-refractivity contribution in [2.24, 2.45) is 0 Å². The normalized spacial score (nSPS) is 10.6. The first-order valence-electron chi connectivity index (χ1n) is 6.79. The number of hydrogen-bond donors (Lipinski definition) is 0. The Kier molecular flexibility index (Phi) is 5.02. The molecule has 0 aliphatic heterocycles. The molecular formula is C16H13ClIN3O2. The van der Waals surface area contributed by atoms with Crippen LogP contribution in [-0.2, 0) is 6.54 Å². The Balaban J connectivity index is 1.73. The van der Waals surface area contributed by atoms with E-state index in [1.165, 1.54) is 0 Å². The van der Waals surface area contributed by atoms with E-state index in [-0.39, 0.29) is 0 Å².